The van der Waals surface area contributed by atoms with Gasteiger partial charge in [0.15, 0.2) is 5.82 Å². The average molecular weight is 462 g/mol. The number of hydrogen-bond donors (Lipinski definition) is 1. The van der Waals surface area contributed by atoms with E-state index in [0.29, 0.717) is 50.2 Å². The Balaban J connectivity index is 1.95. The number of methoxy groups -OCH3 is 1. The second-order valence-corrected chi connectivity index (χ2v) is 8.95. The predicted molar refractivity (Wildman–Crippen MR) is 122 cm³/mol. The molecule has 9 nitrogen and oxygen atoms in total. The van der Waals surface area contributed by atoms with Gasteiger partial charge in [-0.15, -0.1) is 4.91 Å². The number of nitrogens with zero attached hydrogens (tertiary/aromatic N) is 4. The van der Waals surface area contributed by atoms with Crippen LogP contribution in [-0.4, -0.2) is 65.7 Å². The molecule has 2 unspecified atom stereocenters. The van der Waals surface area contributed by atoms with Crippen LogP contribution in [0.3, 0.4) is 0 Å². The van der Waals surface area contributed by atoms with Gasteiger partial charge in [-0.25, -0.2) is 9.37 Å². The smallest absolute Gasteiger partial charge is 0.290 e. The van der Waals surface area contributed by atoms with E-state index in [0.717, 1.165) is 12.8 Å². The maximum Gasteiger partial charge on any atom is 0.290 e. The quantitative estimate of drug-likeness (QED) is 0.431. The molecule has 180 valence electrons. The van der Waals surface area contributed by atoms with E-state index in [2.05, 4.69) is 15.5 Å². The molecule has 1 N–H and O–H groups in total. The van der Waals surface area contributed by atoms with Gasteiger partial charge in [0, 0.05) is 51.1 Å². The number of amides is 2. The minimum atomic E-state index is -0.704. The van der Waals surface area contributed by atoms with Gasteiger partial charge in [-0.2, -0.15) is 0 Å². The Morgan fingerprint density at radius 3 is 2.82 bits per heavy atom. The van der Waals surface area contributed by atoms with Gasteiger partial charge in [0.2, 0.25) is 0 Å². The van der Waals surface area contributed by atoms with Gasteiger partial charge in [0.05, 0.1) is 17.0 Å². The van der Waals surface area contributed by atoms with Crippen molar-refractivity contribution in [2.75, 3.05) is 33.4 Å². The van der Waals surface area contributed by atoms with Crippen molar-refractivity contribution >= 4 is 22.8 Å². The Bertz CT molecular complexity index is 993. The average Bonchev–Trinajstić information content (AvgIpc) is 3.16. The highest BCUT2D eigenvalue weighted by molar-refractivity contribution is 5.95. The summed E-state index contributed by atoms with van der Waals surface area (Å²) in [5, 5.41) is 5.73. The van der Waals surface area contributed by atoms with Crippen molar-refractivity contribution in [2.45, 2.75) is 45.7 Å². The zero-order valence-electron chi connectivity index (χ0n) is 19.4. The van der Waals surface area contributed by atoms with Gasteiger partial charge in [-0.05, 0) is 43.4 Å². The Morgan fingerprint density at radius 2 is 2.12 bits per heavy atom. The molecule has 1 saturated heterocycles. The van der Waals surface area contributed by atoms with Crippen LogP contribution in [0, 0.1) is 22.6 Å². The molecule has 0 radical (unpaired) electrons. The number of carbonyl (C=O) groups is 2. The Hall–Kier alpha value is -2.72. The number of nitroso groups, excluding NO2 is 1. The Kier molecular flexibility index (Phi) is 8.62. The van der Waals surface area contributed by atoms with Crippen LogP contribution in [0.1, 0.15) is 43.7 Å². The highest BCUT2D eigenvalue weighted by Gasteiger charge is 2.35. The first kappa shape index (κ1) is 24.9. The van der Waals surface area contributed by atoms with Crippen LogP contribution in [0.5, 0.6) is 0 Å². The lowest BCUT2D eigenvalue weighted by Crippen LogP contribution is -2.53. The second kappa shape index (κ2) is 11.4. The molecule has 10 heteroatoms. The lowest BCUT2D eigenvalue weighted by atomic mass is 9.93. The molecule has 0 saturated carbocycles. The minimum absolute atomic E-state index is 0.172. The van der Waals surface area contributed by atoms with Gasteiger partial charge >= 0.3 is 0 Å². The minimum Gasteiger partial charge on any atom is -0.385 e. The molecule has 3 rings (SSSR count). The summed E-state index contributed by atoms with van der Waals surface area (Å²) in [6.07, 6.45) is 1.90. The molecule has 0 spiro atoms. The summed E-state index contributed by atoms with van der Waals surface area (Å²) >= 11 is 0. The van der Waals surface area contributed by atoms with Crippen molar-refractivity contribution in [3.8, 4) is 0 Å². The van der Waals surface area contributed by atoms with Crippen LogP contribution >= 0.6 is 0 Å². The standard InChI is InChI=1S/C23H32FN5O4/c1-15(2)14-29(18-10-16(12-25-13-18)22(30)27-32)23(31)21-26-19-7-6-17(24)11-20(19)28(21)8-4-5-9-33-3/h6-7,11,15-16,18,25H,4-5,8-10,12-14H2,1-3H3. The molecule has 2 heterocycles. The van der Waals surface area contributed by atoms with Gasteiger partial charge in [-0.1, -0.05) is 13.8 Å². The molecule has 1 aromatic heterocycles. The van der Waals surface area contributed by atoms with E-state index in [1.165, 1.54) is 12.1 Å². The molecule has 2 atom stereocenters. The summed E-state index contributed by atoms with van der Waals surface area (Å²) in [5.41, 5.74) is 1.12. The van der Waals surface area contributed by atoms with Crippen molar-refractivity contribution in [3.05, 3.63) is 34.7 Å². The summed E-state index contributed by atoms with van der Waals surface area (Å²) in [5.74, 6) is -1.51. The zero-order chi connectivity index (χ0) is 24.0. The SMILES string of the molecule is COCCCCn1c(C(=O)N(CC(C)C)C2CNCC(C(=O)N=O)C2)nc2ccc(F)cc21. The monoisotopic (exact) mass is 461 g/mol. The summed E-state index contributed by atoms with van der Waals surface area (Å²) < 4.78 is 20.9. The molecule has 1 aliphatic heterocycles. The van der Waals surface area contributed by atoms with Crippen LogP contribution in [0.25, 0.3) is 11.0 Å². The maximum absolute atomic E-state index is 14.0. The third-order valence-electron chi connectivity index (χ3n) is 5.91. The third-order valence-corrected chi connectivity index (χ3v) is 5.91. The molecule has 1 fully saturated rings. The number of rotatable bonds is 10. The van der Waals surface area contributed by atoms with E-state index in [-0.39, 0.29) is 23.7 Å². The van der Waals surface area contributed by atoms with Crippen LogP contribution in [0.4, 0.5) is 4.39 Å². The van der Waals surface area contributed by atoms with Crippen molar-refractivity contribution in [2.24, 2.45) is 17.0 Å². The summed E-state index contributed by atoms with van der Waals surface area (Å²) in [6, 6.07) is 4.02. The third kappa shape index (κ3) is 6.00. The number of fused-ring (bicyclic) bond motifs is 1. The van der Waals surface area contributed by atoms with Gasteiger partial charge in [-0.3, -0.25) is 9.59 Å². The molecule has 33 heavy (non-hydrogen) atoms. The van der Waals surface area contributed by atoms with Crippen molar-refractivity contribution in [3.63, 3.8) is 0 Å². The van der Waals surface area contributed by atoms with Crippen LogP contribution in [-0.2, 0) is 16.1 Å². The number of aromatic nitrogens is 2. The fourth-order valence-corrected chi connectivity index (χ4v) is 4.34. The number of unbranched alkanes of at least 4 members (excludes halogenated alkanes) is 1. The largest absolute Gasteiger partial charge is 0.385 e. The number of aryl methyl sites for hydroxylation is 1. The van der Waals surface area contributed by atoms with E-state index in [1.807, 2.05) is 13.8 Å². The first-order valence-electron chi connectivity index (χ1n) is 11.4. The van der Waals surface area contributed by atoms with Crippen molar-refractivity contribution in [1.82, 2.24) is 19.8 Å². The fourth-order valence-electron chi connectivity index (χ4n) is 4.34. The number of halogens is 1. The number of carbonyl (C=O) groups excluding carboxylic acids is 2. The number of piperidine rings is 1. The van der Waals surface area contributed by atoms with E-state index >= 15 is 0 Å². The number of imidazole rings is 1. The molecule has 1 aromatic carbocycles. The molecule has 0 bridgehead atoms. The number of hydrogen-bond acceptors (Lipinski definition) is 6. The second-order valence-electron chi connectivity index (χ2n) is 8.95. The molecule has 2 amide bonds. The summed E-state index contributed by atoms with van der Waals surface area (Å²) in [4.78, 5) is 42.8. The molecule has 0 aliphatic carbocycles. The molecular formula is C23H32FN5O4. The van der Waals surface area contributed by atoms with E-state index in [1.54, 1.807) is 22.6 Å². The maximum atomic E-state index is 14.0. The van der Waals surface area contributed by atoms with Gasteiger partial charge in [0.25, 0.3) is 11.8 Å². The molecular weight excluding hydrogens is 429 g/mol. The Morgan fingerprint density at radius 1 is 1.33 bits per heavy atom. The fraction of sp³-hybridized carbons (Fsp3) is 0.609. The highest BCUT2D eigenvalue weighted by Crippen LogP contribution is 2.24. The highest BCUT2D eigenvalue weighted by atomic mass is 19.1. The lowest BCUT2D eigenvalue weighted by molar-refractivity contribution is -0.122. The Labute approximate surface area is 192 Å². The van der Waals surface area contributed by atoms with E-state index in [4.69, 9.17) is 4.74 Å². The van der Waals surface area contributed by atoms with Crippen LogP contribution in [0.15, 0.2) is 23.4 Å². The van der Waals surface area contributed by atoms with Crippen molar-refractivity contribution in [1.29, 1.82) is 0 Å². The van der Waals surface area contributed by atoms with Crippen LogP contribution < -0.4 is 5.32 Å². The topological polar surface area (TPSA) is 106 Å². The van der Waals surface area contributed by atoms with E-state index in [9.17, 15) is 18.9 Å². The normalized spacial score (nSPS) is 18.6. The van der Waals surface area contributed by atoms with Gasteiger partial charge in [0.1, 0.15) is 5.82 Å². The summed E-state index contributed by atoms with van der Waals surface area (Å²) in [7, 11) is 1.64. The lowest BCUT2D eigenvalue weighted by Gasteiger charge is -2.37. The van der Waals surface area contributed by atoms with Crippen molar-refractivity contribution < 1.29 is 18.7 Å². The predicted octanol–water partition coefficient (Wildman–Crippen LogP) is 2.97. The number of nitrogens with one attached hydrogen (secondary N) is 1. The molecule has 1 aliphatic rings. The number of benzene rings is 1. The molecule has 2 aromatic rings. The first-order chi connectivity index (χ1) is 15.8. The first-order valence-corrected chi connectivity index (χ1v) is 11.4. The summed E-state index contributed by atoms with van der Waals surface area (Å²) in [6.45, 7) is 6.44. The van der Waals surface area contributed by atoms with Gasteiger partial charge < -0.3 is 19.5 Å². The number of ether oxygens (including phenoxy) is 1. The zero-order valence-corrected chi connectivity index (χ0v) is 19.4. The van der Waals surface area contributed by atoms with E-state index < -0.39 is 17.6 Å². The van der Waals surface area contributed by atoms with Crippen LogP contribution in [0.2, 0.25) is 0 Å².